The Labute approximate surface area is 104 Å². The third-order valence-electron chi connectivity index (χ3n) is 2.54. The second kappa shape index (κ2) is 5.52. The molecule has 0 aliphatic heterocycles. The number of nitrogens with zero attached hydrogens (tertiary/aromatic N) is 2. The molecule has 94 valence electrons. The zero-order valence-electron chi connectivity index (χ0n) is 9.80. The van der Waals surface area contributed by atoms with Gasteiger partial charge in [-0.05, 0) is 17.7 Å². The van der Waals surface area contributed by atoms with Crippen LogP contribution in [0.25, 0.3) is 0 Å². The van der Waals surface area contributed by atoms with Crippen molar-refractivity contribution in [1.29, 1.82) is 0 Å². The van der Waals surface area contributed by atoms with E-state index in [0.29, 0.717) is 11.6 Å². The van der Waals surface area contributed by atoms with E-state index in [1.165, 1.54) is 25.6 Å². The van der Waals surface area contributed by atoms with Crippen LogP contribution in [-0.2, 0) is 0 Å². The molecule has 0 saturated carbocycles. The molecule has 0 spiro atoms. The van der Waals surface area contributed by atoms with Gasteiger partial charge in [-0.15, -0.1) is 0 Å². The topological polar surface area (TPSA) is 73.1 Å². The van der Waals surface area contributed by atoms with E-state index < -0.39 is 0 Å². The summed E-state index contributed by atoms with van der Waals surface area (Å²) in [7, 11) is 1.52. The molecule has 2 aromatic rings. The number of aromatic nitrogens is 2. The lowest BCUT2D eigenvalue weighted by atomic mass is 10.0. The molecule has 2 rings (SSSR count). The smallest absolute Gasteiger partial charge is 0.216 e. The van der Waals surface area contributed by atoms with Crippen molar-refractivity contribution in [1.82, 2.24) is 15.4 Å². The molecular formula is C12H13FN4O. The van der Waals surface area contributed by atoms with Gasteiger partial charge in [0, 0.05) is 6.07 Å². The van der Waals surface area contributed by atoms with Crippen molar-refractivity contribution in [2.45, 2.75) is 6.04 Å². The van der Waals surface area contributed by atoms with E-state index in [0.717, 1.165) is 5.56 Å². The molecule has 3 N–H and O–H groups in total. The van der Waals surface area contributed by atoms with Gasteiger partial charge in [0.1, 0.15) is 12.1 Å². The summed E-state index contributed by atoms with van der Waals surface area (Å²) < 4.78 is 17.9. The Morgan fingerprint density at radius 3 is 2.61 bits per heavy atom. The van der Waals surface area contributed by atoms with Crippen LogP contribution in [0.15, 0.2) is 36.7 Å². The first-order chi connectivity index (χ1) is 8.74. The van der Waals surface area contributed by atoms with Gasteiger partial charge in [0.05, 0.1) is 18.8 Å². The van der Waals surface area contributed by atoms with Crippen molar-refractivity contribution in [3.05, 3.63) is 53.7 Å². The first-order valence-corrected chi connectivity index (χ1v) is 5.32. The minimum absolute atomic E-state index is 0.296. The highest BCUT2D eigenvalue weighted by Crippen LogP contribution is 2.21. The highest BCUT2D eigenvalue weighted by atomic mass is 19.1. The van der Waals surface area contributed by atoms with Gasteiger partial charge < -0.3 is 4.74 Å². The maximum Gasteiger partial charge on any atom is 0.216 e. The molecule has 0 fully saturated rings. The van der Waals surface area contributed by atoms with Crippen molar-refractivity contribution in [3.8, 4) is 5.88 Å². The number of hydrogen-bond acceptors (Lipinski definition) is 5. The molecule has 18 heavy (non-hydrogen) atoms. The zero-order valence-corrected chi connectivity index (χ0v) is 9.80. The van der Waals surface area contributed by atoms with Crippen LogP contribution in [0, 0.1) is 5.82 Å². The highest BCUT2D eigenvalue weighted by molar-refractivity contribution is 5.29. The van der Waals surface area contributed by atoms with Crippen LogP contribution < -0.4 is 16.0 Å². The number of methoxy groups -OCH3 is 1. The van der Waals surface area contributed by atoms with Crippen LogP contribution >= 0.6 is 0 Å². The predicted molar refractivity (Wildman–Crippen MR) is 64.2 cm³/mol. The number of hydrazine groups is 1. The summed E-state index contributed by atoms with van der Waals surface area (Å²) in [6.45, 7) is 0. The Morgan fingerprint density at radius 1 is 1.28 bits per heavy atom. The lowest BCUT2D eigenvalue weighted by Gasteiger charge is -2.15. The number of rotatable bonds is 4. The molecule has 0 bridgehead atoms. The van der Waals surface area contributed by atoms with Gasteiger partial charge in [0.25, 0.3) is 0 Å². The van der Waals surface area contributed by atoms with Gasteiger partial charge in [0.2, 0.25) is 5.88 Å². The first-order valence-electron chi connectivity index (χ1n) is 5.32. The zero-order chi connectivity index (χ0) is 13.0. The number of nitrogens with two attached hydrogens (primary N) is 1. The number of nitrogens with one attached hydrogen (secondary N) is 1. The molecule has 0 radical (unpaired) electrons. The molecule has 0 aliphatic rings. The summed E-state index contributed by atoms with van der Waals surface area (Å²) in [6.07, 6.45) is 1.39. The minimum Gasteiger partial charge on any atom is -0.481 e. The summed E-state index contributed by atoms with van der Waals surface area (Å²) in [4.78, 5) is 8.05. The minimum atomic E-state index is -0.345. The largest absolute Gasteiger partial charge is 0.481 e. The highest BCUT2D eigenvalue weighted by Gasteiger charge is 2.14. The van der Waals surface area contributed by atoms with E-state index in [-0.39, 0.29) is 11.9 Å². The second-order valence-electron chi connectivity index (χ2n) is 3.64. The average molecular weight is 248 g/mol. The van der Waals surface area contributed by atoms with E-state index in [1.54, 1.807) is 18.2 Å². The summed E-state index contributed by atoms with van der Waals surface area (Å²) in [6, 6.07) is 7.37. The summed E-state index contributed by atoms with van der Waals surface area (Å²) in [5, 5.41) is 0. The lowest BCUT2D eigenvalue weighted by Crippen LogP contribution is -2.29. The van der Waals surface area contributed by atoms with Crippen LogP contribution in [0.4, 0.5) is 4.39 Å². The van der Waals surface area contributed by atoms with Crippen LogP contribution in [-0.4, -0.2) is 17.1 Å². The molecule has 1 atom stereocenters. The fraction of sp³-hybridized carbons (Fsp3) is 0.167. The molecule has 0 saturated heterocycles. The lowest BCUT2D eigenvalue weighted by molar-refractivity contribution is 0.395. The molecule has 5 nitrogen and oxygen atoms in total. The van der Waals surface area contributed by atoms with E-state index in [1.807, 2.05) is 0 Å². The SMILES string of the molecule is COc1cc(C(NN)c2ccc(F)cc2)ncn1. The average Bonchev–Trinajstić information content (AvgIpc) is 2.42. The second-order valence-corrected chi connectivity index (χ2v) is 3.64. The Morgan fingerprint density at radius 2 is 2.00 bits per heavy atom. The molecule has 0 aliphatic carbocycles. The third kappa shape index (κ3) is 2.61. The Balaban J connectivity index is 2.35. The van der Waals surface area contributed by atoms with Gasteiger partial charge in [-0.1, -0.05) is 12.1 Å². The maximum absolute atomic E-state index is 12.9. The van der Waals surface area contributed by atoms with E-state index in [2.05, 4.69) is 15.4 Å². The van der Waals surface area contributed by atoms with Crippen LogP contribution in [0.2, 0.25) is 0 Å². The van der Waals surface area contributed by atoms with Gasteiger partial charge in [-0.2, -0.15) is 0 Å². The third-order valence-corrected chi connectivity index (χ3v) is 2.54. The predicted octanol–water partition coefficient (Wildman–Crippen LogP) is 1.18. The maximum atomic E-state index is 12.9. The summed E-state index contributed by atoms with van der Waals surface area (Å²) in [5.41, 5.74) is 4.09. The molecular weight excluding hydrogens is 235 g/mol. The Hall–Kier alpha value is -2.05. The Kier molecular flexibility index (Phi) is 3.81. The molecule has 1 unspecified atom stereocenters. The summed E-state index contributed by atoms with van der Waals surface area (Å²) in [5.74, 6) is 5.67. The van der Waals surface area contributed by atoms with Crippen LogP contribution in [0.3, 0.4) is 0 Å². The normalized spacial score (nSPS) is 12.2. The van der Waals surface area contributed by atoms with Crippen molar-refractivity contribution in [3.63, 3.8) is 0 Å². The van der Waals surface area contributed by atoms with Gasteiger partial charge >= 0.3 is 0 Å². The fourth-order valence-electron chi connectivity index (χ4n) is 1.63. The van der Waals surface area contributed by atoms with Gasteiger partial charge in [0.15, 0.2) is 0 Å². The van der Waals surface area contributed by atoms with Gasteiger partial charge in [-0.3, -0.25) is 5.84 Å². The molecule has 1 heterocycles. The monoisotopic (exact) mass is 248 g/mol. The number of halogens is 1. The fourth-order valence-corrected chi connectivity index (χ4v) is 1.63. The number of hydrogen-bond donors (Lipinski definition) is 2. The first kappa shape index (κ1) is 12.4. The van der Waals surface area contributed by atoms with E-state index in [4.69, 9.17) is 10.6 Å². The Bertz CT molecular complexity index is 518. The standard InChI is InChI=1S/C12H13FN4O/c1-18-11-6-10(15-7-16-11)12(17-14)8-2-4-9(13)5-3-8/h2-7,12,17H,14H2,1H3. The number of benzene rings is 1. The quantitative estimate of drug-likeness (QED) is 0.628. The van der Waals surface area contributed by atoms with Crippen molar-refractivity contribution >= 4 is 0 Å². The van der Waals surface area contributed by atoms with Crippen molar-refractivity contribution < 1.29 is 9.13 Å². The molecule has 1 aromatic carbocycles. The van der Waals surface area contributed by atoms with Crippen molar-refractivity contribution in [2.24, 2.45) is 5.84 Å². The number of ether oxygens (including phenoxy) is 1. The van der Waals surface area contributed by atoms with E-state index in [9.17, 15) is 4.39 Å². The van der Waals surface area contributed by atoms with Crippen LogP contribution in [0.1, 0.15) is 17.3 Å². The van der Waals surface area contributed by atoms with Crippen molar-refractivity contribution in [2.75, 3.05) is 7.11 Å². The summed E-state index contributed by atoms with van der Waals surface area (Å²) >= 11 is 0. The van der Waals surface area contributed by atoms with Gasteiger partial charge in [-0.25, -0.2) is 19.8 Å². The molecule has 1 aromatic heterocycles. The van der Waals surface area contributed by atoms with Crippen LogP contribution in [0.5, 0.6) is 5.88 Å². The molecule has 6 heteroatoms. The molecule has 0 amide bonds. The van der Waals surface area contributed by atoms with E-state index >= 15 is 0 Å².